The van der Waals surface area contributed by atoms with Crippen LogP contribution in [0.15, 0.2) is 78.9 Å². The van der Waals surface area contributed by atoms with Crippen molar-refractivity contribution in [3.05, 3.63) is 90.0 Å². The van der Waals surface area contributed by atoms with Gasteiger partial charge in [-0.15, -0.1) is 0 Å². The lowest BCUT2D eigenvalue weighted by Crippen LogP contribution is -2.39. The Labute approximate surface area is 178 Å². The van der Waals surface area contributed by atoms with E-state index in [0.717, 1.165) is 24.3 Å². The third-order valence-corrected chi connectivity index (χ3v) is 5.58. The summed E-state index contributed by atoms with van der Waals surface area (Å²) in [6, 6.07) is 26.5. The molecule has 154 valence electrons. The molecule has 0 fully saturated rings. The number of rotatable bonds is 6. The highest BCUT2D eigenvalue weighted by atomic mass is 16.2. The van der Waals surface area contributed by atoms with Crippen LogP contribution in [0.5, 0.6) is 0 Å². The first-order valence-corrected chi connectivity index (χ1v) is 10.3. The summed E-state index contributed by atoms with van der Waals surface area (Å²) in [5.74, 6) is 0. The topological polar surface area (TPSA) is 47.6 Å². The number of nitrogens with zero attached hydrogens (tertiary/aromatic N) is 2. The van der Waals surface area contributed by atoms with Gasteiger partial charge in [0.2, 0.25) is 0 Å². The quantitative estimate of drug-likeness (QED) is 0.632. The summed E-state index contributed by atoms with van der Waals surface area (Å²) >= 11 is 0. The molecule has 1 heterocycles. The largest absolute Gasteiger partial charge is 0.378 e. The molecular formula is C25H28N4O. The molecule has 2 amide bonds. The number of hydrogen-bond donors (Lipinski definition) is 2. The fourth-order valence-electron chi connectivity index (χ4n) is 3.98. The van der Waals surface area contributed by atoms with Crippen molar-refractivity contribution in [1.29, 1.82) is 0 Å². The average molecular weight is 401 g/mol. The van der Waals surface area contributed by atoms with Crippen LogP contribution >= 0.6 is 0 Å². The Hall–Kier alpha value is -3.47. The number of urea groups is 1. The van der Waals surface area contributed by atoms with Gasteiger partial charge in [-0.05, 0) is 47.9 Å². The van der Waals surface area contributed by atoms with E-state index in [-0.39, 0.29) is 12.1 Å². The molecular weight excluding hydrogens is 372 g/mol. The molecule has 1 atom stereocenters. The van der Waals surface area contributed by atoms with E-state index in [4.69, 9.17) is 0 Å². The highest BCUT2D eigenvalue weighted by Gasteiger charge is 2.27. The average Bonchev–Trinajstić information content (AvgIpc) is 3.19. The summed E-state index contributed by atoms with van der Waals surface area (Å²) in [6.07, 6.45) is 1.03. The fraction of sp³-hybridized carbons (Fsp3) is 0.240. The molecule has 1 aliphatic heterocycles. The summed E-state index contributed by atoms with van der Waals surface area (Å²) in [5.41, 5.74) is 5.76. The second-order valence-electron chi connectivity index (χ2n) is 7.77. The lowest BCUT2D eigenvalue weighted by atomic mass is 10.0. The number of benzene rings is 3. The number of carbonyl (C=O) groups excluding carboxylic acids is 1. The Morgan fingerprint density at radius 3 is 2.40 bits per heavy atom. The lowest BCUT2D eigenvalue weighted by Gasteiger charge is -2.31. The van der Waals surface area contributed by atoms with E-state index in [1.54, 1.807) is 0 Å². The van der Waals surface area contributed by atoms with Crippen LogP contribution in [0, 0.1) is 0 Å². The molecule has 5 heteroatoms. The lowest BCUT2D eigenvalue weighted by molar-refractivity contribution is 0.251. The third-order valence-electron chi connectivity index (χ3n) is 5.58. The Bertz CT molecular complexity index is 986. The van der Waals surface area contributed by atoms with Crippen molar-refractivity contribution in [2.45, 2.75) is 12.5 Å². The molecule has 1 aliphatic rings. The highest BCUT2D eigenvalue weighted by molar-refractivity contribution is 5.89. The van der Waals surface area contributed by atoms with Crippen LogP contribution in [0.2, 0.25) is 0 Å². The summed E-state index contributed by atoms with van der Waals surface area (Å²) in [4.78, 5) is 17.0. The van der Waals surface area contributed by atoms with Gasteiger partial charge in [-0.3, -0.25) is 0 Å². The number of amides is 2. The first-order chi connectivity index (χ1) is 14.6. The SMILES string of the molecule is CN(C)c1ccc(C(CNC(=O)Nc2ccccc2)N2CCc3ccccc32)cc1. The summed E-state index contributed by atoms with van der Waals surface area (Å²) < 4.78 is 0. The maximum absolute atomic E-state index is 12.5. The van der Waals surface area contributed by atoms with Crippen molar-refractivity contribution in [3.8, 4) is 0 Å². The van der Waals surface area contributed by atoms with Gasteiger partial charge in [0.05, 0.1) is 6.04 Å². The summed E-state index contributed by atoms with van der Waals surface area (Å²) in [6.45, 7) is 1.47. The zero-order valence-corrected chi connectivity index (χ0v) is 17.5. The van der Waals surface area contributed by atoms with Gasteiger partial charge >= 0.3 is 6.03 Å². The molecule has 0 saturated heterocycles. The number of fused-ring (bicyclic) bond motifs is 1. The molecule has 0 aromatic heterocycles. The van der Waals surface area contributed by atoms with Crippen molar-refractivity contribution in [2.75, 3.05) is 42.3 Å². The van der Waals surface area contributed by atoms with E-state index in [2.05, 4.69) is 69.0 Å². The zero-order valence-electron chi connectivity index (χ0n) is 17.5. The maximum Gasteiger partial charge on any atom is 0.319 e. The third kappa shape index (κ3) is 4.40. The van der Waals surface area contributed by atoms with Gasteiger partial charge in [0.1, 0.15) is 0 Å². The normalized spacial score (nSPS) is 13.5. The molecule has 0 aliphatic carbocycles. The van der Waals surface area contributed by atoms with Crippen LogP contribution in [-0.2, 0) is 6.42 Å². The van der Waals surface area contributed by atoms with Crippen LogP contribution < -0.4 is 20.4 Å². The van der Waals surface area contributed by atoms with Crippen molar-refractivity contribution >= 4 is 23.1 Å². The molecule has 0 radical (unpaired) electrons. The van der Waals surface area contributed by atoms with Crippen molar-refractivity contribution in [2.24, 2.45) is 0 Å². The number of hydrogen-bond acceptors (Lipinski definition) is 3. The molecule has 0 saturated carbocycles. The van der Waals surface area contributed by atoms with E-state index >= 15 is 0 Å². The van der Waals surface area contributed by atoms with Gasteiger partial charge in [-0.25, -0.2) is 4.79 Å². The minimum Gasteiger partial charge on any atom is -0.378 e. The highest BCUT2D eigenvalue weighted by Crippen LogP contribution is 2.35. The monoisotopic (exact) mass is 400 g/mol. The number of para-hydroxylation sites is 2. The molecule has 4 rings (SSSR count). The molecule has 2 N–H and O–H groups in total. The maximum atomic E-state index is 12.5. The first kappa shape index (κ1) is 19.8. The predicted octanol–water partition coefficient (Wildman–Crippen LogP) is 4.68. The van der Waals surface area contributed by atoms with E-state index < -0.39 is 0 Å². The predicted molar refractivity (Wildman–Crippen MR) is 124 cm³/mol. The van der Waals surface area contributed by atoms with Crippen molar-refractivity contribution in [3.63, 3.8) is 0 Å². The number of nitrogens with one attached hydrogen (secondary N) is 2. The van der Waals surface area contributed by atoms with Crippen LogP contribution in [0.3, 0.4) is 0 Å². The second-order valence-corrected chi connectivity index (χ2v) is 7.77. The Morgan fingerprint density at radius 2 is 1.67 bits per heavy atom. The fourth-order valence-corrected chi connectivity index (χ4v) is 3.98. The smallest absolute Gasteiger partial charge is 0.319 e. The van der Waals surface area contributed by atoms with Crippen LogP contribution in [0.25, 0.3) is 0 Å². The van der Waals surface area contributed by atoms with E-state index in [1.807, 2.05) is 44.4 Å². The minimum absolute atomic E-state index is 0.0615. The number of anilines is 3. The molecule has 3 aromatic carbocycles. The van der Waals surface area contributed by atoms with E-state index in [1.165, 1.54) is 16.8 Å². The van der Waals surface area contributed by atoms with Gasteiger partial charge < -0.3 is 20.4 Å². The van der Waals surface area contributed by atoms with Gasteiger partial charge in [0, 0.05) is 44.2 Å². The summed E-state index contributed by atoms with van der Waals surface area (Å²) in [7, 11) is 4.08. The second kappa shape index (κ2) is 8.91. The minimum atomic E-state index is -0.191. The van der Waals surface area contributed by atoms with Crippen molar-refractivity contribution < 1.29 is 4.79 Å². The Balaban J connectivity index is 1.54. The van der Waals surface area contributed by atoms with Gasteiger partial charge in [-0.2, -0.15) is 0 Å². The van der Waals surface area contributed by atoms with Crippen molar-refractivity contribution in [1.82, 2.24) is 5.32 Å². The molecule has 3 aromatic rings. The van der Waals surface area contributed by atoms with Crippen LogP contribution in [-0.4, -0.2) is 33.2 Å². The number of carbonyl (C=O) groups is 1. The zero-order chi connectivity index (χ0) is 20.9. The molecule has 0 spiro atoms. The standard InChI is InChI=1S/C25H28N4O/c1-28(2)22-14-12-20(13-15-22)24(29-17-16-19-8-6-7-11-23(19)29)18-26-25(30)27-21-9-4-3-5-10-21/h3-15,24H,16-18H2,1-2H3,(H2,26,27,30). The molecule has 0 bridgehead atoms. The Morgan fingerprint density at radius 1 is 0.967 bits per heavy atom. The van der Waals surface area contributed by atoms with E-state index in [9.17, 15) is 4.79 Å². The Kier molecular flexibility index (Phi) is 5.89. The first-order valence-electron chi connectivity index (χ1n) is 10.3. The van der Waals surface area contributed by atoms with E-state index in [0.29, 0.717) is 6.54 Å². The summed E-state index contributed by atoms with van der Waals surface area (Å²) in [5, 5.41) is 5.98. The van der Waals surface area contributed by atoms with Crippen LogP contribution in [0.4, 0.5) is 21.9 Å². The van der Waals surface area contributed by atoms with Gasteiger partial charge in [0.15, 0.2) is 0 Å². The molecule has 5 nitrogen and oxygen atoms in total. The molecule has 1 unspecified atom stereocenters. The van der Waals surface area contributed by atoms with Gasteiger partial charge in [0.25, 0.3) is 0 Å². The van der Waals surface area contributed by atoms with Crippen LogP contribution in [0.1, 0.15) is 17.2 Å². The molecule has 30 heavy (non-hydrogen) atoms. The van der Waals surface area contributed by atoms with Gasteiger partial charge in [-0.1, -0.05) is 48.5 Å².